The van der Waals surface area contributed by atoms with Gasteiger partial charge in [0.05, 0.1) is 6.61 Å². The Bertz CT molecular complexity index is 657. The van der Waals surface area contributed by atoms with Crippen molar-refractivity contribution < 1.29 is 9.53 Å². The number of ether oxygens (including phenoxy) is 1. The third-order valence-corrected chi connectivity index (χ3v) is 4.12. The molecule has 0 aromatic heterocycles. The quantitative estimate of drug-likeness (QED) is 0.924. The van der Waals surface area contributed by atoms with E-state index in [0.29, 0.717) is 18.7 Å². The SMILES string of the molecule is O=C(NC[C@@H]1OCCc2ccccc21)c1cccc(Br)c1. The van der Waals surface area contributed by atoms with Crippen LogP contribution in [0.15, 0.2) is 53.0 Å². The van der Waals surface area contributed by atoms with Crippen molar-refractivity contribution in [3.63, 3.8) is 0 Å². The van der Waals surface area contributed by atoms with Crippen LogP contribution < -0.4 is 5.32 Å². The minimum Gasteiger partial charge on any atom is -0.371 e. The smallest absolute Gasteiger partial charge is 0.251 e. The molecule has 0 fully saturated rings. The van der Waals surface area contributed by atoms with E-state index in [2.05, 4.69) is 33.4 Å². The van der Waals surface area contributed by atoms with Crippen molar-refractivity contribution in [1.29, 1.82) is 0 Å². The van der Waals surface area contributed by atoms with Gasteiger partial charge in [-0.15, -0.1) is 0 Å². The fraction of sp³-hybridized carbons (Fsp3) is 0.235. The minimum absolute atomic E-state index is 0.0638. The number of halogens is 1. The normalized spacial score (nSPS) is 17.1. The molecule has 3 rings (SSSR count). The van der Waals surface area contributed by atoms with E-state index in [9.17, 15) is 4.79 Å². The predicted octanol–water partition coefficient (Wildman–Crippen LogP) is 3.49. The monoisotopic (exact) mass is 345 g/mol. The summed E-state index contributed by atoms with van der Waals surface area (Å²) in [5.41, 5.74) is 3.14. The van der Waals surface area contributed by atoms with Gasteiger partial charge in [0.25, 0.3) is 5.91 Å². The van der Waals surface area contributed by atoms with Crippen LogP contribution in [0.4, 0.5) is 0 Å². The molecule has 0 radical (unpaired) electrons. The molecular formula is C17H16BrNO2. The van der Waals surface area contributed by atoms with E-state index < -0.39 is 0 Å². The van der Waals surface area contributed by atoms with E-state index in [-0.39, 0.29) is 12.0 Å². The highest BCUT2D eigenvalue weighted by Gasteiger charge is 2.21. The van der Waals surface area contributed by atoms with Gasteiger partial charge < -0.3 is 10.1 Å². The van der Waals surface area contributed by atoms with Gasteiger partial charge in [0.1, 0.15) is 6.10 Å². The molecule has 0 spiro atoms. The lowest BCUT2D eigenvalue weighted by atomic mass is 9.97. The summed E-state index contributed by atoms with van der Waals surface area (Å²) in [5.74, 6) is -0.0806. The number of rotatable bonds is 3. The fourth-order valence-electron chi connectivity index (χ4n) is 2.56. The van der Waals surface area contributed by atoms with Crippen molar-refractivity contribution in [2.75, 3.05) is 13.2 Å². The Morgan fingerprint density at radius 2 is 2.10 bits per heavy atom. The number of benzene rings is 2. The van der Waals surface area contributed by atoms with E-state index in [0.717, 1.165) is 10.9 Å². The molecule has 2 aromatic carbocycles. The first kappa shape index (κ1) is 14.3. The average molecular weight is 346 g/mol. The number of hydrogen-bond donors (Lipinski definition) is 1. The van der Waals surface area contributed by atoms with Crippen LogP contribution in [0.3, 0.4) is 0 Å². The van der Waals surface area contributed by atoms with Gasteiger partial charge in [0, 0.05) is 16.6 Å². The standard InChI is InChI=1S/C17H16BrNO2/c18-14-6-3-5-13(10-14)17(20)19-11-16-15-7-2-1-4-12(15)8-9-21-16/h1-7,10,16H,8-9,11H2,(H,19,20)/t16-/m0/s1. The molecule has 0 unspecified atom stereocenters. The molecule has 4 heteroatoms. The zero-order chi connectivity index (χ0) is 14.7. The van der Waals surface area contributed by atoms with Gasteiger partial charge in [-0.25, -0.2) is 0 Å². The second-order valence-electron chi connectivity index (χ2n) is 5.03. The zero-order valence-electron chi connectivity index (χ0n) is 11.5. The largest absolute Gasteiger partial charge is 0.371 e. The molecule has 1 atom stereocenters. The minimum atomic E-state index is -0.0806. The van der Waals surface area contributed by atoms with Crippen molar-refractivity contribution in [3.05, 3.63) is 69.7 Å². The molecule has 1 N–H and O–H groups in total. The molecule has 0 bridgehead atoms. The molecule has 108 valence electrons. The second kappa shape index (κ2) is 6.41. The maximum Gasteiger partial charge on any atom is 0.251 e. The lowest BCUT2D eigenvalue weighted by molar-refractivity contribution is 0.0411. The molecule has 1 aliphatic heterocycles. The highest BCUT2D eigenvalue weighted by molar-refractivity contribution is 9.10. The lowest BCUT2D eigenvalue weighted by Gasteiger charge is -2.26. The summed E-state index contributed by atoms with van der Waals surface area (Å²) in [6, 6.07) is 15.6. The van der Waals surface area contributed by atoms with Crippen LogP contribution in [0.2, 0.25) is 0 Å². The van der Waals surface area contributed by atoms with E-state index in [1.807, 2.05) is 30.3 Å². The van der Waals surface area contributed by atoms with Gasteiger partial charge in [-0.3, -0.25) is 4.79 Å². The van der Waals surface area contributed by atoms with Crippen LogP contribution in [-0.4, -0.2) is 19.1 Å². The maximum absolute atomic E-state index is 12.2. The van der Waals surface area contributed by atoms with Crippen LogP contribution >= 0.6 is 15.9 Å². The topological polar surface area (TPSA) is 38.3 Å². The Labute approximate surface area is 132 Å². The molecule has 0 saturated carbocycles. The molecule has 2 aromatic rings. The number of fused-ring (bicyclic) bond motifs is 1. The van der Waals surface area contributed by atoms with Crippen LogP contribution in [0.5, 0.6) is 0 Å². The maximum atomic E-state index is 12.2. The summed E-state index contributed by atoms with van der Waals surface area (Å²) in [7, 11) is 0. The Morgan fingerprint density at radius 3 is 2.95 bits per heavy atom. The van der Waals surface area contributed by atoms with Crippen molar-refractivity contribution >= 4 is 21.8 Å². The van der Waals surface area contributed by atoms with Gasteiger partial charge in [0.15, 0.2) is 0 Å². The van der Waals surface area contributed by atoms with Crippen molar-refractivity contribution in [2.24, 2.45) is 0 Å². The summed E-state index contributed by atoms with van der Waals surface area (Å²) in [5, 5.41) is 2.95. The number of carbonyl (C=O) groups excluding carboxylic acids is 1. The van der Waals surface area contributed by atoms with Gasteiger partial charge >= 0.3 is 0 Å². The summed E-state index contributed by atoms with van der Waals surface area (Å²) in [4.78, 5) is 12.2. The lowest BCUT2D eigenvalue weighted by Crippen LogP contribution is -2.31. The Balaban J connectivity index is 1.67. The van der Waals surface area contributed by atoms with Crippen molar-refractivity contribution in [3.8, 4) is 0 Å². The predicted molar refractivity (Wildman–Crippen MR) is 85.3 cm³/mol. The average Bonchev–Trinajstić information content (AvgIpc) is 2.52. The molecule has 1 aliphatic rings. The summed E-state index contributed by atoms with van der Waals surface area (Å²) in [6.45, 7) is 1.19. The van der Waals surface area contributed by atoms with Gasteiger partial charge in [0.2, 0.25) is 0 Å². The third-order valence-electron chi connectivity index (χ3n) is 3.63. The van der Waals surface area contributed by atoms with Crippen LogP contribution in [0.25, 0.3) is 0 Å². The number of nitrogens with one attached hydrogen (secondary N) is 1. The molecule has 0 saturated heterocycles. The molecular weight excluding hydrogens is 330 g/mol. The Kier molecular flexibility index (Phi) is 4.36. The van der Waals surface area contributed by atoms with Crippen LogP contribution in [0.1, 0.15) is 27.6 Å². The molecule has 1 amide bonds. The second-order valence-corrected chi connectivity index (χ2v) is 5.94. The summed E-state index contributed by atoms with van der Waals surface area (Å²) in [6.07, 6.45) is 0.873. The first-order chi connectivity index (χ1) is 10.2. The third kappa shape index (κ3) is 3.34. The van der Waals surface area contributed by atoms with Gasteiger partial charge in [-0.1, -0.05) is 46.3 Å². The van der Waals surface area contributed by atoms with E-state index >= 15 is 0 Å². The molecule has 3 nitrogen and oxygen atoms in total. The number of amides is 1. The zero-order valence-corrected chi connectivity index (χ0v) is 13.1. The van der Waals surface area contributed by atoms with Gasteiger partial charge in [-0.05, 0) is 35.7 Å². The van der Waals surface area contributed by atoms with E-state index in [1.165, 1.54) is 11.1 Å². The highest BCUT2D eigenvalue weighted by atomic mass is 79.9. The highest BCUT2D eigenvalue weighted by Crippen LogP contribution is 2.26. The van der Waals surface area contributed by atoms with Crippen LogP contribution in [0, 0.1) is 0 Å². The molecule has 0 aliphatic carbocycles. The number of hydrogen-bond acceptors (Lipinski definition) is 2. The Hall–Kier alpha value is -1.65. The van der Waals surface area contributed by atoms with Crippen LogP contribution in [-0.2, 0) is 11.2 Å². The first-order valence-corrected chi connectivity index (χ1v) is 7.76. The van der Waals surface area contributed by atoms with Gasteiger partial charge in [-0.2, -0.15) is 0 Å². The summed E-state index contributed by atoms with van der Waals surface area (Å²) < 4.78 is 6.69. The number of carbonyl (C=O) groups is 1. The molecule has 1 heterocycles. The fourth-order valence-corrected chi connectivity index (χ4v) is 2.96. The first-order valence-electron chi connectivity index (χ1n) is 6.97. The van der Waals surface area contributed by atoms with Crippen molar-refractivity contribution in [1.82, 2.24) is 5.32 Å². The molecule has 21 heavy (non-hydrogen) atoms. The Morgan fingerprint density at radius 1 is 1.24 bits per heavy atom. The summed E-state index contributed by atoms with van der Waals surface area (Å²) >= 11 is 3.37. The van der Waals surface area contributed by atoms with E-state index in [4.69, 9.17) is 4.74 Å². The van der Waals surface area contributed by atoms with Crippen molar-refractivity contribution in [2.45, 2.75) is 12.5 Å². The van der Waals surface area contributed by atoms with E-state index in [1.54, 1.807) is 6.07 Å².